The summed E-state index contributed by atoms with van der Waals surface area (Å²) < 4.78 is 0. The summed E-state index contributed by atoms with van der Waals surface area (Å²) in [5.41, 5.74) is 5.67. The first-order chi connectivity index (χ1) is 7.52. The molecule has 2 N–H and O–H groups in total. The lowest BCUT2D eigenvalue weighted by Gasteiger charge is -2.34. The van der Waals surface area contributed by atoms with Gasteiger partial charge in [0, 0.05) is 18.5 Å². The second kappa shape index (κ2) is 8.94. The van der Waals surface area contributed by atoms with Crippen LogP contribution in [-0.2, 0) is 0 Å². The van der Waals surface area contributed by atoms with Crippen molar-refractivity contribution in [3.63, 3.8) is 0 Å². The fourth-order valence-electron chi connectivity index (χ4n) is 2.14. The Labute approximate surface area is 107 Å². The largest absolute Gasteiger partial charge is 0.393 e. The average molecular weight is 244 g/mol. The standard InChI is InChI=1S/C13H28N2S/c1-5-7-8-9-15(11(3)4)12(6-2)10-13(14)16/h11-12H,5-10H2,1-4H3,(H2,14,16). The zero-order valence-corrected chi connectivity index (χ0v) is 12.1. The van der Waals surface area contributed by atoms with Gasteiger partial charge in [0.2, 0.25) is 0 Å². The van der Waals surface area contributed by atoms with Gasteiger partial charge in [-0.15, -0.1) is 0 Å². The Morgan fingerprint density at radius 1 is 1.25 bits per heavy atom. The molecule has 0 aromatic carbocycles. The van der Waals surface area contributed by atoms with Crippen LogP contribution in [-0.4, -0.2) is 28.5 Å². The third kappa shape index (κ3) is 6.44. The van der Waals surface area contributed by atoms with Gasteiger partial charge in [-0.3, -0.25) is 4.90 Å². The van der Waals surface area contributed by atoms with Crippen LogP contribution >= 0.6 is 12.2 Å². The fraction of sp³-hybridized carbons (Fsp3) is 0.923. The molecular formula is C13H28N2S. The van der Waals surface area contributed by atoms with Gasteiger partial charge in [0.15, 0.2) is 0 Å². The highest BCUT2D eigenvalue weighted by molar-refractivity contribution is 7.80. The number of hydrogen-bond acceptors (Lipinski definition) is 2. The van der Waals surface area contributed by atoms with Gasteiger partial charge < -0.3 is 5.73 Å². The van der Waals surface area contributed by atoms with Crippen molar-refractivity contribution >= 4 is 17.2 Å². The molecule has 0 rings (SSSR count). The first-order valence-electron chi connectivity index (χ1n) is 6.56. The number of unbranched alkanes of at least 4 members (excludes halogenated alkanes) is 2. The molecule has 0 saturated carbocycles. The number of thiocarbonyl (C=S) groups is 1. The molecule has 0 aromatic rings. The minimum absolute atomic E-state index is 0.523. The molecule has 0 aliphatic carbocycles. The SMILES string of the molecule is CCCCCN(C(C)C)C(CC)CC(N)=S. The molecule has 96 valence electrons. The maximum atomic E-state index is 5.67. The molecule has 0 aliphatic heterocycles. The van der Waals surface area contributed by atoms with Gasteiger partial charge in [-0.1, -0.05) is 38.9 Å². The van der Waals surface area contributed by atoms with Crippen molar-refractivity contribution in [1.29, 1.82) is 0 Å². The number of rotatable bonds is 9. The van der Waals surface area contributed by atoms with E-state index in [4.69, 9.17) is 18.0 Å². The van der Waals surface area contributed by atoms with E-state index >= 15 is 0 Å². The van der Waals surface area contributed by atoms with Crippen molar-refractivity contribution in [3.8, 4) is 0 Å². The molecule has 0 fully saturated rings. The molecule has 2 nitrogen and oxygen atoms in total. The Bertz CT molecular complexity index is 192. The first-order valence-corrected chi connectivity index (χ1v) is 6.97. The van der Waals surface area contributed by atoms with Crippen molar-refractivity contribution in [1.82, 2.24) is 4.90 Å². The summed E-state index contributed by atoms with van der Waals surface area (Å²) in [7, 11) is 0. The quantitative estimate of drug-likeness (QED) is 0.498. The monoisotopic (exact) mass is 244 g/mol. The van der Waals surface area contributed by atoms with Gasteiger partial charge in [0.05, 0.1) is 4.99 Å². The Balaban J connectivity index is 4.28. The highest BCUT2D eigenvalue weighted by Crippen LogP contribution is 2.14. The van der Waals surface area contributed by atoms with Gasteiger partial charge >= 0.3 is 0 Å². The van der Waals surface area contributed by atoms with E-state index in [0.29, 0.717) is 17.1 Å². The van der Waals surface area contributed by atoms with E-state index < -0.39 is 0 Å². The number of nitrogens with zero attached hydrogens (tertiary/aromatic N) is 1. The Morgan fingerprint density at radius 2 is 1.88 bits per heavy atom. The van der Waals surface area contributed by atoms with E-state index in [2.05, 4.69) is 32.6 Å². The van der Waals surface area contributed by atoms with Crippen molar-refractivity contribution in [2.75, 3.05) is 6.54 Å². The average Bonchev–Trinajstić information content (AvgIpc) is 2.21. The van der Waals surface area contributed by atoms with Crippen LogP contribution in [0.5, 0.6) is 0 Å². The highest BCUT2D eigenvalue weighted by atomic mass is 32.1. The fourth-order valence-corrected chi connectivity index (χ4v) is 2.33. The molecular weight excluding hydrogens is 216 g/mol. The van der Waals surface area contributed by atoms with E-state index in [1.165, 1.54) is 25.8 Å². The van der Waals surface area contributed by atoms with Crippen molar-refractivity contribution in [3.05, 3.63) is 0 Å². The first kappa shape index (κ1) is 15.9. The van der Waals surface area contributed by atoms with Gasteiger partial charge in [-0.05, 0) is 33.2 Å². The molecule has 0 amide bonds. The summed E-state index contributed by atoms with van der Waals surface area (Å²) in [5, 5.41) is 0. The van der Waals surface area contributed by atoms with Crippen molar-refractivity contribution in [2.24, 2.45) is 5.73 Å². The Morgan fingerprint density at radius 3 is 2.25 bits per heavy atom. The summed E-state index contributed by atoms with van der Waals surface area (Å²) in [6, 6.07) is 1.10. The summed E-state index contributed by atoms with van der Waals surface area (Å²) >= 11 is 5.03. The van der Waals surface area contributed by atoms with E-state index in [9.17, 15) is 0 Å². The number of nitrogens with two attached hydrogens (primary N) is 1. The maximum Gasteiger partial charge on any atom is 0.0743 e. The number of hydrogen-bond donors (Lipinski definition) is 1. The van der Waals surface area contributed by atoms with Gasteiger partial charge in [-0.2, -0.15) is 0 Å². The van der Waals surface area contributed by atoms with Crippen LogP contribution in [0, 0.1) is 0 Å². The zero-order chi connectivity index (χ0) is 12.6. The predicted octanol–water partition coefficient (Wildman–Crippen LogP) is 3.34. The summed E-state index contributed by atoms with van der Waals surface area (Å²) in [5.74, 6) is 0. The van der Waals surface area contributed by atoms with Crippen LogP contribution in [0.15, 0.2) is 0 Å². The Kier molecular flexibility index (Phi) is 8.86. The van der Waals surface area contributed by atoms with Crippen molar-refractivity contribution < 1.29 is 0 Å². The molecule has 3 heteroatoms. The van der Waals surface area contributed by atoms with E-state index in [0.717, 1.165) is 12.8 Å². The van der Waals surface area contributed by atoms with Gasteiger partial charge in [-0.25, -0.2) is 0 Å². The van der Waals surface area contributed by atoms with Gasteiger partial charge in [0.1, 0.15) is 0 Å². The van der Waals surface area contributed by atoms with Crippen LogP contribution in [0.25, 0.3) is 0 Å². The molecule has 0 saturated heterocycles. The Hall–Kier alpha value is -0.150. The lowest BCUT2D eigenvalue weighted by atomic mass is 10.1. The molecule has 0 aliphatic rings. The van der Waals surface area contributed by atoms with E-state index in [-0.39, 0.29) is 0 Å². The molecule has 0 heterocycles. The molecule has 0 bridgehead atoms. The third-order valence-electron chi connectivity index (χ3n) is 3.06. The lowest BCUT2D eigenvalue weighted by Crippen LogP contribution is -2.42. The molecule has 0 spiro atoms. The molecule has 0 radical (unpaired) electrons. The highest BCUT2D eigenvalue weighted by Gasteiger charge is 2.19. The van der Waals surface area contributed by atoms with Crippen LogP contribution in [0.1, 0.15) is 59.8 Å². The minimum Gasteiger partial charge on any atom is -0.393 e. The molecule has 1 atom stereocenters. The van der Waals surface area contributed by atoms with E-state index in [1.807, 2.05) is 0 Å². The summed E-state index contributed by atoms with van der Waals surface area (Å²) in [4.78, 5) is 3.20. The van der Waals surface area contributed by atoms with E-state index in [1.54, 1.807) is 0 Å². The van der Waals surface area contributed by atoms with Crippen molar-refractivity contribution in [2.45, 2.75) is 71.9 Å². The molecule has 1 unspecified atom stereocenters. The summed E-state index contributed by atoms with van der Waals surface area (Å²) in [6.45, 7) is 10.2. The lowest BCUT2D eigenvalue weighted by molar-refractivity contribution is 0.149. The molecule has 0 aromatic heterocycles. The topological polar surface area (TPSA) is 29.3 Å². The van der Waals surface area contributed by atoms with Crippen LogP contribution in [0.4, 0.5) is 0 Å². The second-order valence-electron chi connectivity index (χ2n) is 4.77. The minimum atomic E-state index is 0.523. The van der Waals surface area contributed by atoms with Crippen LogP contribution < -0.4 is 5.73 Å². The summed E-state index contributed by atoms with van der Waals surface area (Å²) in [6.07, 6.45) is 5.85. The van der Waals surface area contributed by atoms with Crippen LogP contribution in [0.2, 0.25) is 0 Å². The normalized spacial score (nSPS) is 13.4. The van der Waals surface area contributed by atoms with Gasteiger partial charge in [0.25, 0.3) is 0 Å². The zero-order valence-electron chi connectivity index (χ0n) is 11.3. The van der Waals surface area contributed by atoms with Crippen LogP contribution in [0.3, 0.4) is 0 Å². The maximum absolute atomic E-state index is 5.67. The smallest absolute Gasteiger partial charge is 0.0743 e. The second-order valence-corrected chi connectivity index (χ2v) is 5.30. The molecule has 16 heavy (non-hydrogen) atoms. The predicted molar refractivity (Wildman–Crippen MR) is 76.8 cm³/mol. The third-order valence-corrected chi connectivity index (χ3v) is 3.23.